The van der Waals surface area contributed by atoms with Crippen LogP contribution in [0.3, 0.4) is 0 Å². The quantitative estimate of drug-likeness (QED) is 0.631. The number of nitrogens with zero attached hydrogens (tertiary/aromatic N) is 1. The van der Waals surface area contributed by atoms with Gasteiger partial charge in [0.1, 0.15) is 0 Å². The van der Waals surface area contributed by atoms with Crippen LogP contribution in [0.25, 0.3) is 0 Å². The lowest BCUT2D eigenvalue weighted by Gasteiger charge is -2.05. The number of benzene rings is 1. The highest BCUT2D eigenvalue weighted by atomic mass is 16.2. The van der Waals surface area contributed by atoms with E-state index in [1.807, 2.05) is 31.2 Å². The molecular formula is C10H11N3O. The summed E-state index contributed by atoms with van der Waals surface area (Å²) in [6.07, 6.45) is -0.803. The smallest absolute Gasteiger partial charge is 0.263 e. The molecule has 1 aromatic rings. The Hall–Kier alpha value is -1.68. The van der Waals surface area contributed by atoms with Crippen LogP contribution < -0.4 is 11.1 Å². The first-order valence-corrected chi connectivity index (χ1v) is 4.39. The fourth-order valence-corrected chi connectivity index (χ4v) is 1.45. The average Bonchev–Trinajstić information content (AvgIpc) is 2.27. The molecule has 3 N–H and O–H groups in total. The first-order chi connectivity index (χ1) is 6.68. The van der Waals surface area contributed by atoms with Crippen LogP contribution in [0.1, 0.15) is 12.5 Å². The van der Waals surface area contributed by atoms with Crippen LogP contribution in [-0.4, -0.2) is 17.8 Å². The van der Waals surface area contributed by atoms with Gasteiger partial charge in [-0.25, -0.2) is 0 Å². The van der Waals surface area contributed by atoms with Crippen molar-refractivity contribution in [3.05, 3.63) is 29.8 Å². The number of hydrogen-bond acceptors (Lipinski definition) is 3. The first-order valence-electron chi connectivity index (χ1n) is 4.39. The molecule has 0 aromatic heterocycles. The van der Waals surface area contributed by atoms with Crippen molar-refractivity contribution in [1.82, 2.24) is 0 Å². The molecular weight excluding hydrogens is 178 g/mol. The molecule has 1 aliphatic heterocycles. The maximum atomic E-state index is 11.4. The third-order valence-electron chi connectivity index (χ3n) is 2.18. The van der Waals surface area contributed by atoms with Gasteiger partial charge in [-0.05, 0) is 13.0 Å². The van der Waals surface area contributed by atoms with Crippen molar-refractivity contribution in [2.45, 2.75) is 13.1 Å². The van der Waals surface area contributed by atoms with E-state index in [-0.39, 0.29) is 5.91 Å². The van der Waals surface area contributed by atoms with Crippen LogP contribution in [-0.2, 0) is 4.79 Å². The standard InChI is InChI=1S/C10H11N3O/c1-6-7-4-2-3-5-8(7)13-10(14)9(11)12-6/h2-5,9H,11H2,1H3,(H,13,14)/t9-/m0/s1. The molecule has 4 heteroatoms. The zero-order valence-electron chi connectivity index (χ0n) is 7.82. The fourth-order valence-electron chi connectivity index (χ4n) is 1.45. The predicted octanol–water partition coefficient (Wildman–Crippen LogP) is 0.732. The Morgan fingerprint density at radius 1 is 1.43 bits per heavy atom. The number of amides is 1. The van der Waals surface area contributed by atoms with Crippen LogP contribution in [0, 0.1) is 0 Å². The van der Waals surface area contributed by atoms with E-state index in [0.717, 1.165) is 17.0 Å². The van der Waals surface area contributed by atoms with E-state index in [0.29, 0.717) is 0 Å². The van der Waals surface area contributed by atoms with Crippen LogP contribution >= 0.6 is 0 Å². The zero-order chi connectivity index (χ0) is 10.1. The topological polar surface area (TPSA) is 67.5 Å². The van der Waals surface area contributed by atoms with Gasteiger partial charge in [-0.3, -0.25) is 9.79 Å². The number of anilines is 1. The molecule has 14 heavy (non-hydrogen) atoms. The van der Waals surface area contributed by atoms with Gasteiger partial charge < -0.3 is 11.1 Å². The van der Waals surface area contributed by atoms with Crippen LogP contribution in [0.4, 0.5) is 5.69 Å². The SMILES string of the molecule is CC1=N[C@H](N)C(=O)Nc2ccccc21. The van der Waals surface area contributed by atoms with Gasteiger partial charge in [0.05, 0.1) is 0 Å². The number of nitrogens with one attached hydrogen (secondary N) is 1. The average molecular weight is 189 g/mol. The van der Waals surface area contributed by atoms with Crippen molar-refractivity contribution in [3.63, 3.8) is 0 Å². The monoisotopic (exact) mass is 189 g/mol. The molecule has 1 heterocycles. The lowest BCUT2D eigenvalue weighted by Crippen LogP contribution is -2.33. The highest BCUT2D eigenvalue weighted by Gasteiger charge is 2.19. The summed E-state index contributed by atoms with van der Waals surface area (Å²) in [7, 11) is 0. The van der Waals surface area contributed by atoms with Gasteiger partial charge in [0.25, 0.3) is 5.91 Å². The molecule has 72 valence electrons. The molecule has 0 radical (unpaired) electrons. The highest BCUT2D eigenvalue weighted by molar-refractivity contribution is 6.10. The van der Waals surface area contributed by atoms with Crippen molar-refractivity contribution < 1.29 is 4.79 Å². The Balaban J connectivity index is 2.55. The summed E-state index contributed by atoms with van der Waals surface area (Å²) in [6.45, 7) is 1.85. The molecule has 0 saturated heterocycles. The van der Waals surface area contributed by atoms with Gasteiger partial charge in [-0.15, -0.1) is 0 Å². The molecule has 1 atom stereocenters. The molecule has 0 fully saturated rings. The number of aliphatic imine (C=N–C) groups is 1. The van der Waals surface area contributed by atoms with E-state index in [1.165, 1.54) is 0 Å². The lowest BCUT2D eigenvalue weighted by atomic mass is 10.1. The molecule has 1 aromatic carbocycles. The van der Waals surface area contributed by atoms with E-state index in [1.54, 1.807) is 0 Å². The lowest BCUT2D eigenvalue weighted by molar-refractivity contribution is -0.117. The number of benzodiazepines with no additional fused rings is 1. The molecule has 0 spiro atoms. The first kappa shape index (κ1) is 8.90. The van der Waals surface area contributed by atoms with Crippen molar-refractivity contribution in [2.24, 2.45) is 10.7 Å². The van der Waals surface area contributed by atoms with Crippen molar-refractivity contribution >= 4 is 17.3 Å². The van der Waals surface area contributed by atoms with E-state index in [2.05, 4.69) is 10.3 Å². The Kier molecular flexibility index (Phi) is 2.05. The van der Waals surface area contributed by atoms with Gasteiger partial charge in [0.2, 0.25) is 0 Å². The molecule has 0 aliphatic carbocycles. The molecule has 1 aliphatic rings. The number of para-hydroxylation sites is 1. The number of fused-ring (bicyclic) bond motifs is 1. The third kappa shape index (κ3) is 1.40. The van der Waals surface area contributed by atoms with Crippen molar-refractivity contribution in [1.29, 1.82) is 0 Å². The second-order valence-electron chi connectivity index (χ2n) is 3.19. The van der Waals surface area contributed by atoms with Gasteiger partial charge in [0.15, 0.2) is 6.17 Å². The third-order valence-corrected chi connectivity index (χ3v) is 2.18. The van der Waals surface area contributed by atoms with E-state index < -0.39 is 6.17 Å². The largest absolute Gasteiger partial charge is 0.322 e. The number of carbonyl (C=O) groups is 1. The summed E-state index contributed by atoms with van der Waals surface area (Å²) >= 11 is 0. The minimum absolute atomic E-state index is 0.269. The Bertz CT molecular complexity index is 412. The molecule has 2 rings (SSSR count). The van der Waals surface area contributed by atoms with Gasteiger partial charge >= 0.3 is 0 Å². The number of nitrogens with two attached hydrogens (primary N) is 1. The predicted molar refractivity (Wildman–Crippen MR) is 55.3 cm³/mol. The van der Waals surface area contributed by atoms with Crippen molar-refractivity contribution in [2.75, 3.05) is 5.32 Å². The molecule has 0 saturated carbocycles. The summed E-state index contributed by atoms with van der Waals surface area (Å²) in [5.41, 5.74) is 8.03. The normalized spacial score (nSPS) is 20.6. The minimum Gasteiger partial charge on any atom is -0.322 e. The van der Waals surface area contributed by atoms with Gasteiger partial charge in [-0.2, -0.15) is 0 Å². The van der Waals surface area contributed by atoms with Crippen LogP contribution in [0.2, 0.25) is 0 Å². The molecule has 1 amide bonds. The van der Waals surface area contributed by atoms with Gasteiger partial charge in [0, 0.05) is 17.0 Å². The Labute approximate surface area is 81.8 Å². The van der Waals surface area contributed by atoms with Crippen LogP contribution in [0.15, 0.2) is 29.3 Å². The van der Waals surface area contributed by atoms with E-state index in [9.17, 15) is 4.79 Å². The Morgan fingerprint density at radius 2 is 2.14 bits per heavy atom. The number of carbonyl (C=O) groups excluding carboxylic acids is 1. The van der Waals surface area contributed by atoms with E-state index in [4.69, 9.17) is 5.73 Å². The van der Waals surface area contributed by atoms with E-state index >= 15 is 0 Å². The van der Waals surface area contributed by atoms with Crippen molar-refractivity contribution in [3.8, 4) is 0 Å². The van der Waals surface area contributed by atoms with Crippen LogP contribution in [0.5, 0.6) is 0 Å². The summed E-state index contributed by atoms with van der Waals surface area (Å²) in [4.78, 5) is 15.5. The molecule has 4 nitrogen and oxygen atoms in total. The second kappa shape index (κ2) is 3.23. The molecule has 0 bridgehead atoms. The maximum absolute atomic E-state index is 11.4. The fraction of sp³-hybridized carbons (Fsp3) is 0.200. The maximum Gasteiger partial charge on any atom is 0.263 e. The molecule has 0 unspecified atom stereocenters. The number of rotatable bonds is 0. The number of hydrogen-bond donors (Lipinski definition) is 2. The summed E-state index contributed by atoms with van der Waals surface area (Å²) in [5, 5.41) is 2.72. The summed E-state index contributed by atoms with van der Waals surface area (Å²) in [5.74, 6) is -0.269. The Morgan fingerprint density at radius 3 is 2.93 bits per heavy atom. The summed E-state index contributed by atoms with van der Waals surface area (Å²) in [6, 6.07) is 7.51. The van der Waals surface area contributed by atoms with Gasteiger partial charge in [-0.1, -0.05) is 18.2 Å². The summed E-state index contributed by atoms with van der Waals surface area (Å²) < 4.78 is 0. The second-order valence-corrected chi connectivity index (χ2v) is 3.19. The minimum atomic E-state index is -0.803. The zero-order valence-corrected chi connectivity index (χ0v) is 7.82. The highest BCUT2D eigenvalue weighted by Crippen LogP contribution is 2.18.